The van der Waals surface area contributed by atoms with Crippen molar-refractivity contribution < 1.29 is 53.7 Å². The normalized spacial score (nSPS) is 14.4. The number of ether oxygens (including phenoxy) is 3. The van der Waals surface area contributed by atoms with Gasteiger partial charge in [0.2, 0.25) is 0 Å². The third-order valence-corrected chi connectivity index (χ3v) is 6.68. The summed E-state index contributed by atoms with van der Waals surface area (Å²) in [7, 11) is -2.09. The van der Waals surface area contributed by atoms with Crippen molar-refractivity contribution in [2.24, 2.45) is 0 Å². The van der Waals surface area contributed by atoms with E-state index in [0.29, 0.717) is 11.5 Å². The van der Waals surface area contributed by atoms with E-state index in [4.69, 9.17) is 14.2 Å². The van der Waals surface area contributed by atoms with Crippen molar-refractivity contribution in [3.05, 3.63) is 89.0 Å². The van der Waals surface area contributed by atoms with E-state index in [1.807, 2.05) is 31.2 Å². The second kappa shape index (κ2) is 13.6. The molecule has 0 spiro atoms. The Morgan fingerprint density at radius 3 is 2.47 bits per heavy atom. The van der Waals surface area contributed by atoms with Crippen molar-refractivity contribution in [3.63, 3.8) is 0 Å². The van der Waals surface area contributed by atoms with Crippen molar-refractivity contribution >= 4 is 28.4 Å². The molecule has 0 saturated heterocycles. The van der Waals surface area contributed by atoms with E-state index in [1.165, 1.54) is 0 Å². The second-order valence-corrected chi connectivity index (χ2v) is 10.5. The van der Waals surface area contributed by atoms with Crippen LogP contribution in [0.4, 0.5) is 0 Å². The van der Waals surface area contributed by atoms with E-state index >= 15 is 0 Å². The fourth-order valence-electron chi connectivity index (χ4n) is 3.94. The van der Waals surface area contributed by atoms with Gasteiger partial charge in [-0.05, 0) is 62.2 Å². The Labute approximate surface area is 251 Å². The first-order valence-corrected chi connectivity index (χ1v) is 13.5. The molecule has 0 N–H and O–H groups in total. The Hall–Kier alpha value is -2.46. The predicted octanol–water partition coefficient (Wildman–Crippen LogP) is 7.45. The van der Waals surface area contributed by atoms with Crippen LogP contribution in [-0.4, -0.2) is 18.8 Å². The SMILES string of the molecule is CCCCOc1c[c-]c(C2=Cc3ccc4c(c3OC2)C=CC(C)(C)O4)cc1.Cc1ccc([S-](=O)=O)cc1.[U+2]. The quantitative estimate of drug-likeness (QED) is 0.149. The van der Waals surface area contributed by atoms with Crippen LogP contribution in [0.1, 0.15) is 55.9 Å². The molecule has 2 aliphatic heterocycles. The molecule has 0 aromatic heterocycles. The van der Waals surface area contributed by atoms with Gasteiger partial charge in [-0.2, -0.15) is 0 Å². The van der Waals surface area contributed by atoms with Crippen LogP contribution in [0.2, 0.25) is 0 Å². The summed E-state index contributed by atoms with van der Waals surface area (Å²) >= 11 is 0. The molecule has 196 valence electrons. The van der Waals surface area contributed by atoms with Gasteiger partial charge in [0.25, 0.3) is 0 Å². The minimum absolute atomic E-state index is 0. The average Bonchev–Trinajstić information content (AvgIpc) is 2.89. The summed E-state index contributed by atoms with van der Waals surface area (Å²) in [6.45, 7) is 9.45. The average molecular weight is 755 g/mol. The largest absolute Gasteiger partial charge is 2.00 e. The van der Waals surface area contributed by atoms with Gasteiger partial charge in [-0.25, -0.2) is 0 Å². The molecule has 0 aliphatic carbocycles. The second-order valence-electron chi connectivity index (χ2n) is 9.58. The maximum atomic E-state index is 10.3. The van der Waals surface area contributed by atoms with Crippen LogP contribution in [0.25, 0.3) is 17.7 Å². The van der Waals surface area contributed by atoms with E-state index in [-0.39, 0.29) is 36.7 Å². The maximum Gasteiger partial charge on any atom is 2.00 e. The Balaban J connectivity index is 0.000000308. The van der Waals surface area contributed by atoms with E-state index in [2.05, 4.69) is 51.1 Å². The van der Waals surface area contributed by atoms with Gasteiger partial charge in [-0.3, -0.25) is 0 Å². The number of unbranched alkanes of at least 4 members (excludes halogenated alkanes) is 1. The summed E-state index contributed by atoms with van der Waals surface area (Å²) in [6, 6.07) is 20.1. The summed E-state index contributed by atoms with van der Waals surface area (Å²) in [5, 5.41) is 0. The van der Waals surface area contributed by atoms with Crippen LogP contribution >= 0.6 is 0 Å². The molecule has 0 radical (unpaired) electrons. The number of hydrogen-bond acceptors (Lipinski definition) is 6. The first kappa shape index (κ1) is 30.1. The molecular weight excluding hydrogens is 722 g/mol. The molecule has 5 nitrogen and oxygen atoms in total. The van der Waals surface area contributed by atoms with Gasteiger partial charge in [0, 0.05) is 11.3 Å². The van der Waals surface area contributed by atoms with Crippen LogP contribution < -0.4 is 14.2 Å². The summed E-state index contributed by atoms with van der Waals surface area (Å²) in [5.41, 5.74) is 5.02. The van der Waals surface area contributed by atoms with Gasteiger partial charge in [0.15, 0.2) is 0 Å². The molecule has 3 aromatic rings. The smallest absolute Gasteiger partial charge is 0.537 e. The molecule has 0 bridgehead atoms. The number of fused-ring (bicyclic) bond motifs is 3. The fraction of sp³-hybridized carbons (Fsp3) is 0.290. The van der Waals surface area contributed by atoms with Crippen LogP contribution in [0, 0.1) is 44.1 Å². The van der Waals surface area contributed by atoms with Crippen molar-refractivity contribution in [1.82, 2.24) is 0 Å². The van der Waals surface area contributed by atoms with Gasteiger partial charge in [0.05, 0.1) is 18.8 Å². The van der Waals surface area contributed by atoms with Gasteiger partial charge < -0.3 is 22.6 Å². The summed E-state index contributed by atoms with van der Waals surface area (Å²) < 4.78 is 38.5. The number of hydrogen-bond donors (Lipinski definition) is 0. The Morgan fingerprint density at radius 1 is 1.05 bits per heavy atom. The zero-order chi connectivity index (χ0) is 26.4. The third-order valence-electron chi connectivity index (χ3n) is 6.02. The zero-order valence-electron chi connectivity index (χ0n) is 22.2. The Kier molecular flexibility index (Phi) is 10.7. The minimum atomic E-state index is -2.09. The van der Waals surface area contributed by atoms with Crippen molar-refractivity contribution in [2.45, 2.75) is 51.0 Å². The van der Waals surface area contributed by atoms with Crippen molar-refractivity contribution in [1.29, 1.82) is 0 Å². The number of benzene rings is 3. The standard InChI is InChI=1S/C24H25O3.C7H7O2S.U/c1-4-5-14-25-20-9-6-17(7-10-20)19-15-18-8-11-22-21(23(18)26-16-19)12-13-24(2,3)27-22;1-6-2-4-7(5-3-6)10(8)9;/h6,8-13,15H,4-5,14,16H2,1-3H3;2-5H,1H3;/q2*-1;+2. The van der Waals surface area contributed by atoms with Crippen LogP contribution in [-0.2, 0) is 19.1 Å². The number of aryl methyl sites for hydroxylation is 1. The van der Waals surface area contributed by atoms with E-state index in [9.17, 15) is 8.42 Å². The molecule has 0 unspecified atom stereocenters. The van der Waals surface area contributed by atoms with E-state index in [1.54, 1.807) is 24.3 Å². The zero-order valence-corrected chi connectivity index (χ0v) is 27.2. The molecule has 7 heteroatoms. The molecule has 5 rings (SSSR count). The Bertz CT molecular complexity index is 1360. The molecule has 2 aliphatic rings. The maximum absolute atomic E-state index is 10.3. The van der Waals surface area contributed by atoms with Gasteiger partial charge >= 0.3 is 31.1 Å². The summed E-state index contributed by atoms with van der Waals surface area (Å²) in [4.78, 5) is 0.339. The van der Waals surface area contributed by atoms with Crippen LogP contribution in [0.3, 0.4) is 0 Å². The van der Waals surface area contributed by atoms with Crippen LogP contribution in [0.5, 0.6) is 17.2 Å². The first-order valence-electron chi connectivity index (χ1n) is 12.5. The van der Waals surface area contributed by atoms with Gasteiger partial charge in [-0.1, -0.05) is 59.7 Å². The monoisotopic (exact) mass is 754 g/mol. The van der Waals surface area contributed by atoms with Gasteiger partial charge in [-0.15, -0.1) is 29.8 Å². The molecule has 3 aromatic carbocycles. The topological polar surface area (TPSA) is 61.8 Å². The predicted molar refractivity (Wildman–Crippen MR) is 147 cm³/mol. The molecule has 0 fully saturated rings. The van der Waals surface area contributed by atoms with Gasteiger partial charge in [0.1, 0.15) is 17.1 Å². The molecule has 2 heterocycles. The summed E-state index contributed by atoms with van der Waals surface area (Å²) in [6.07, 6.45) is 8.55. The fourth-order valence-corrected chi connectivity index (χ4v) is 4.30. The molecule has 38 heavy (non-hydrogen) atoms. The first-order chi connectivity index (χ1) is 17.8. The Morgan fingerprint density at radius 2 is 1.82 bits per heavy atom. The van der Waals surface area contributed by atoms with Crippen LogP contribution in [0.15, 0.2) is 65.6 Å². The molecular formula is C31H32O5SU. The molecule has 0 atom stereocenters. The molecule has 0 saturated carbocycles. The van der Waals surface area contributed by atoms with E-state index < -0.39 is 10.7 Å². The molecule has 0 amide bonds. The van der Waals surface area contributed by atoms with Crippen molar-refractivity contribution in [2.75, 3.05) is 13.2 Å². The van der Waals surface area contributed by atoms with Crippen molar-refractivity contribution in [3.8, 4) is 17.2 Å². The minimum Gasteiger partial charge on any atom is -0.537 e. The summed E-state index contributed by atoms with van der Waals surface area (Å²) in [5.74, 6) is 2.63. The number of rotatable bonds is 6. The van der Waals surface area contributed by atoms with E-state index in [0.717, 1.165) is 64.5 Å². The third kappa shape index (κ3) is 7.79.